The van der Waals surface area contributed by atoms with Crippen LogP contribution in [0.5, 0.6) is 11.5 Å². The number of anilines is 1. The summed E-state index contributed by atoms with van der Waals surface area (Å²) in [5.41, 5.74) is 0.827. The van der Waals surface area contributed by atoms with E-state index in [2.05, 4.69) is 5.32 Å². The predicted octanol–water partition coefficient (Wildman–Crippen LogP) is 3.47. The van der Waals surface area contributed by atoms with Gasteiger partial charge in [-0.05, 0) is 43.2 Å². The number of likely N-dealkylation sites (N-methyl/N-ethyl adjacent to an activating group) is 1. The summed E-state index contributed by atoms with van der Waals surface area (Å²) in [6.07, 6.45) is 0.307. The zero-order valence-electron chi connectivity index (χ0n) is 20.3. The molecule has 36 heavy (non-hydrogen) atoms. The lowest BCUT2D eigenvalue weighted by molar-refractivity contribution is -0.140. The Labute approximate surface area is 221 Å². The fraction of sp³-hybridized carbons (Fsp3) is 0.417. The van der Waals surface area contributed by atoms with Crippen LogP contribution in [-0.4, -0.2) is 63.7 Å². The Morgan fingerprint density at radius 2 is 1.75 bits per heavy atom. The summed E-state index contributed by atoms with van der Waals surface area (Å²) in [5, 5.41) is 3.33. The smallest absolute Gasteiger partial charge is 0.244 e. The largest absolute Gasteiger partial charge is 0.486 e. The predicted molar refractivity (Wildman–Crippen MR) is 139 cm³/mol. The molecule has 1 heterocycles. The molecule has 2 aromatic rings. The van der Waals surface area contributed by atoms with E-state index < -0.39 is 28.5 Å². The summed E-state index contributed by atoms with van der Waals surface area (Å²) in [6, 6.07) is 8.71. The molecular formula is C24H29Cl2N3O6S. The molecule has 9 nitrogen and oxygen atoms in total. The number of sulfonamides is 1. The monoisotopic (exact) mass is 557 g/mol. The summed E-state index contributed by atoms with van der Waals surface area (Å²) in [4.78, 5) is 27.7. The van der Waals surface area contributed by atoms with Crippen LogP contribution in [0, 0.1) is 0 Å². The molecule has 1 aliphatic rings. The molecule has 2 amide bonds. The van der Waals surface area contributed by atoms with E-state index in [-0.39, 0.29) is 23.9 Å². The van der Waals surface area contributed by atoms with Gasteiger partial charge in [0.1, 0.15) is 25.8 Å². The van der Waals surface area contributed by atoms with Gasteiger partial charge in [0.25, 0.3) is 0 Å². The van der Waals surface area contributed by atoms with Crippen LogP contribution in [-0.2, 0) is 26.2 Å². The average Bonchev–Trinajstić information content (AvgIpc) is 2.87. The van der Waals surface area contributed by atoms with Gasteiger partial charge >= 0.3 is 0 Å². The second kappa shape index (κ2) is 12.0. The van der Waals surface area contributed by atoms with Crippen LogP contribution in [0.15, 0.2) is 36.4 Å². The third-order valence-corrected chi connectivity index (χ3v) is 8.11. The highest BCUT2D eigenvalue weighted by Crippen LogP contribution is 2.35. The van der Waals surface area contributed by atoms with E-state index in [1.54, 1.807) is 37.3 Å². The lowest BCUT2D eigenvalue weighted by Gasteiger charge is -2.33. The van der Waals surface area contributed by atoms with Gasteiger partial charge in [-0.3, -0.25) is 13.9 Å². The number of hydrogen-bond acceptors (Lipinski definition) is 6. The van der Waals surface area contributed by atoms with Crippen molar-refractivity contribution in [3.63, 3.8) is 0 Å². The van der Waals surface area contributed by atoms with Crippen LogP contribution in [0.1, 0.15) is 25.8 Å². The molecule has 0 spiro atoms. The quantitative estimate of drug-likeness (QED) is 0.479. The number of benzene rings is 2. The molecule has 196 valence electrons. The Bertz CT molecular complexity index is 1220. The van der Waals surface area contributed by atoms with Gasteiger partial charge in [0.15, 0.2) is 11.5 Å². The van der Waals surface area contributed by atoms with Crippen LogP contribution in [0.3, 0.4) is 0 Å². The van der Waals surface area contributed by atoms with Gasteiger partial charge in [-0.15, -0.1) is 0 Å². The number of ether oxygens (including phenoxy) is 2. The van der Waals surface area contributed by atoms with Crippen molar-refractivity contribution in [3.8, 4) is 11.5 Å². The summed E-state index contributed by atoms with van der Waals surface area (Å²) in [6.45, 7) is 3.45. The highest BCUT2D eigenvalue weighted by molar-refractivity contribution is 7.92. The van der Waals surface area contributed by atoms with Crippen molar-refractivity contribution in [3.05, 3.63) is 52.0 Å². The SMILES string of the molecule is CC[C@H](C(=O)NC)N(Cc1ccc(Cl)cc1Cl)C(=O)CN(c1ccc2c(c1)OCCO2)S(=O)(=O)CC. The van der Waals surface area contributed by atoms with Gasteiger partial charge in [-0.25, -0.2) is 8.42 Å². The second-order valence-corrected chi connectivity index (χ2v) is 11.1. The number of carbonyl (C=O) groups is 2. The first kappa shape index (κ1) is 27.9. The van der Waals surface area contributed by atoms with Crippen molar-refractivity contribution in [1.29, 1.82) is 0 Å². The second-order valence-electron chi connectivity index (χ2n) is 8.03. The molecule has 0 fully saturated rings. The normalized spacial score (nSPS) is 13.6. The molecule has 2 aromatic carbocycles. The van der Waals surface area contributed by atoms with Crippen molar-refractivity contribution >= 4 is 50.7 Å². The molecule has 0 unspecified atom stereocenters. The Morgan fingerprint density at radius 3 is 2.36 bits per heavy atom. The van der Waals surface area contributed by atoms with Gasteiger partial charge in [0.05, 0.1) is 11.4 Å². The minimum Gasteiger partial charge on any atom is -0.486 e. The van der Waals surface area contributed by atoms with Gasteiger partial charge in [-0.2, -0.15) is 0 Å². The maximum absolute atomic E-state index is 13.7. The lowest BCUT2D eigenvalue weighted by Crippen LogP contribution is -2.52. The van der Waals surface area contributed by atoms with Gasteiger partial charge < -0.3 is 19.7 Å². The minimum absolute atomic E-state index is 0.0120. The van der Waals surface area contributed by atoms with E-state index in [1.807, 2.05) is 0 Å². The van der Waals surface area contributed by atoms with E-state index in [1.165, 1.54) is 24.9 Å². The molecule has 1 atom stereocenters. The highest BCUT2D eigenvalue weighted by atomic mass is 35.5. The topological polar surface area (TPSA) is 105 Å². The summed E-state index contributed by atoms with van der Waals surface area (Å²) < 4.78 is 38.3. The van der Waals surface area contributed by atoms with Crippen molar-refractivity contribution in [1.82, 2.24) is 10.2 Å². The Kier molecular flexibility index (Phi) is 9.32. The van der Waals surface area contributed by atoms with Crippen LogP contribution in [0.2, 0.25) is 10.0 Å². The first-order valence-electron chi connectivity index (χ1n) is 11.5. The van der Waals surface area contributed by atoms with Crippen LogP contribution >= 0.6 is 23.2 Å². The molecule has 0 aliphatic carbocycles. The maximum Gasteiger partial charge on any atom is 0.244 e. The van der Waals surface area contributed by atoms with Gasteiger partial charge in [0.2, 0.25) is 21.8 Å². The van der Waals surface area contributed by atoms with Crippen molar-refractivity contribution in [2.45, 2.75) is 32.9 Å². The summed E-state index contributed by atoms with van der Waals surface area (Å²) in [7, 11) is -2.39. The first-order valence-corrected chi connectivity index (χ1v) is 13.8. The van der Waals surface area contributed by atoms with Crippen molar-refractivity contribution in [2.24, 2.45) is 0 Å². The molecule has 0 saturated carbocycles. The molecule has 0 radical (unpaired) electrons. The van der Waals surface area contributed by atoms with E-state index in [0.717, 1.165) is 4.31 Å². The summed E-state index contributed by atoms with van der Waals surface area (Å²) in [5.74, 6) is -0.285. The minimum atomic E-state index is -3.87. The van der Waals surface area contributed by atoms with E-state index >= 15 is 0 Å². The fourth-order valence-corrected chi connectivity index (χ4v) is 5.35. The zero-order chi connectivity index (χ0) is 26.5. The lowest BCUT2D eigenvalue weighted by atomic mass is 10.1. The van der Waals surface area contributed by atoms with Crippen LogP contribution in [0.4, 0.5) is 5.69 Å². The molecule has 3 rings (SSSR count). The number of carbonyl (C=O) groups excluding carboxylic acids is 2. The third kappa shape index (κ3) is 6.35. The molecule has 1 aliphatic heterocycles. The maximum atomic E-state index is 13.7. The summed E-state index contributed by atoms with van der Waals surface area (Å²) >= 11 is 12.4. The van der Waals surface area contributed by atoms with Gasteiger partial charge in [0, 0.05) is 29.7 Å². The van der Waals surface area contributed by atoms with Crippen LogP contribution < -0.4 is 19.1 Å². The highest BCUT2D eigenvalue weighted by Gasteiger charge is 2.33. The molecule has 0 bridgehead atoms. The number of hydrogen-bond donors (Lipinski definition) is 1. The number of nitrogens with one attached hydrogen (secondary N) is 1. The number of rotatable bonds is 10. The number of amides is 2. The Morgan fingerprint density at radius 1 is 1.06 bits per heavy atom. The zero-order valence-corrected chi connectivity index (χ0v) is 22.6. The third-order valence-electron chi connectivity index (χ3n) is 5.78. The molecular weight excluding hydrogens is 529 g/mol. The standard InChI is InChI=1S/C24H29Cl2N3O6S/c1-4-20(24(31)27-3)28(14-16-6-7-17(25)12-19(16)26)23(30)15-29(36(32,33)5-2)18-8-9-21-22(13-18)35-11-10-34-21/h6-9,12-13,20H,4-5,10-11,14-15H2,1-3H3,(H,27,31)/t20-/m1/s1. The first-order chi connectivity index (χ1) is 17.1. The van der Waals surface area contributed by atoms with Crippen LogP contribution in [0.25, 0.3) is 0 Å². The number of nitrogens with zero attached hydrogens (tertiary/aromatic N) is 2. The Balaban J connectivity index is 2.00. The van der Waals surface area contributed by atoms with E-state index in [0.29, 0.717) is 46.7 Å². The van der Waals surface area contributed by atoms with Crippen molar-refractivity contribution < 1.29 is 27.5 Å². The molecule has 0 saturated heterocycles. The fourth-order valence-electron chi connectivity index (χ4n) is 3.83. The molecule has 1 N–H and O–H groups in total. The van der Waals surface area contributed by atoms with E-state index in [9.17, 15) is 18.0 Å². The van der Waals surface area contributed by atoms with Crippen molar-refractivity contribution in [2.75, 3.05) is 36.9 Å². The molecule has 12 heteroatoms. The van der Waals surface area contributed by atoms with E-state index in [4.69, 9.17) is 32.7 Å². The van der Waals surface area contributed by atoms with Gasteiger partial charge in [-0.1, -0.05) is 36.2 Å². The number of fused-ring (bicyclic) bond motifs is 1. The Hall–Kier alpha value is -2.69. The number of halogens is 2. The molecule has 0 aromatic heterocycles. The average molecular weight is 558 g/mol.